The SMILES string of the molecule is COCC(=O)Nc1cc(N2C(=S)N[C@H](c3ccccn3)[C@H]2c2ccc(C)s2)ccc1OC. The molecule has 7 nitrogen and oxygen atoms in total. The molecule has 2 N–H and O–H groups in total. The zero-order chi connectivity index (χ0) is 22.7. The molecule has 1 aliphatic heterocycles. The molecule has 1 aliphatic rings. The van der Waals surface area contributed by atoms with E-state index >= 15 is 0 Å². The number of benzene rings is 1. The molecular weight excluding hydrogens is 444 g/mol. The number of anilines is 2. The third-order valence-corrected chi connectivity index (χ3v) is 6.55. The predicted octanol–water partition coefficient (Wildman–Crippen LogP) is 4.22. The summed E-state index contributed by atoms with van der Waals surface area (Å²) < 4.78 is 10.4. The van der Waals surface area contributed by atoms with Crippen molar-refractivity contribution < 1.29 is 14.3 Å². The number of methoxy groups -OCH3 is 2. The van der Waals surface area contributed by atoms with Crippen LogP contribution in [0.1, 0.15) is 27.5 Å². The van der Waals surface area contributed by atoms with Gasteiger partial charge in [0.2, 0.25) is 5.91 Å². The Labute approximate surface area is 196 Å². The largest absolute Gasteiger partial charge is 0.495 e. The number of ether oxygens (including phenoxy) is 2. The average molecular weight is 469 g/mol. The number of carbonyl (C=O) groups excluding carboxylic acids is 1. The van der Waals surface area contributed by atoms with E-state index < -0.39 is 0 Å². The number of thiophene rings is 1. The minimum atomic E-state index is -0.262. The summed E-state index contributed by atoms with van der Waals surface area (Å²) in [5.74, 6) is 0.294. The third kappa shape index (κ3) is 4.45. The van der Waals surface area contributed by atoms with Gasteiger partial charge in [-0.15, -0.1) is 11.3 Å². The number of amides is 1. The van der Waals surface area contributed by atoms with Crippen molar-refractivity contribution in [1.29, 1.82) is 0 Å². The van der Waals surface area contributed by atoms with Gasteiger partial charge in [-0.3, -0.25) is 9.78 Å². The first-order valence-electron chi connectivity index (χ1n) is 10.1. The van der Waals surface area contributed by atoms with Crippen LogP contribution in [-0.2, 0) is 9.53 Å². The van der Waals surface area contributed by atoms with Crippen LogP contribution in [0.4, 0.5) is 11.4 Å². The average Bonchev–Trinajstić information content (AvgIpc) is 3.37. The summed E-state index contributed by atoms with van der Waals surface area (Å²) in [6, 6.07) is 15.5. The first kappa shape index (κ1) is 22.2. The van der Waals surface area contributed by atoms with Gasteiger partial charge in [0.05, 0.1) is 30.6 Å². The van der Waals surface area contributed by atoms with Crippen LogP contribution in [0.2, 0.25) is 0 Å². The van der Waals surface area contributed by atoms with Gasteiger partial charge in [-0.05, 0) is 61.6 Å². The summed E-state index contributed by atoms with van der Waals surface area (Å²) in [4.78, 5) is 21.2. The first-order valence-corrected chi connectivity index (χ1v) is 11.3. The Morgan fingerprint density at radius 3 is 2.75 bits per heavy atom. The number of aromatic nitrogens is 1. The van der Waals surface area contributed by atoms with Crippen LogP contribution in [0.3, 0.4) is 0 Å². The Morgan fingerprint density at radius 2 is 2.09 bits per heavy atom. The Balaban J connectivity index is 1.77. The molecule has 4 rings (SSSR count). The number of thiocarbonyl (C=S) groups is 1. The Morgan fingerprint density at radius 1 is 1.25 bits per heavy atom. The van der Waals surface area contributed by atoms with Crippen molar-refractivity contribution in [3.8, 4) is 5.75 Å². The molecule has 9 heteroatoms. The van der Waals surface area contributed by atoms with Gasteiger partial charge in [-0.1, -0.05) is 6.07 Å². The molecule has 32 heavy (non-hydrogen) atoms. The highest BCUT2D eigenvalue weighted by Gasteiger charge is 2.41. The van der Waals surface area contributed by atoms with Crippen LogP contribution in [0, 0.1) is 6.92 Å². The highest BCUT2D eigenvalue weighted by atomic mass is 32.1. The van der Waals surface area contributed by atoms with E-state index in [1.807, 2.05) is 36.4 Å². The third-order valence-electron chi connectivity index (χ3n) is 5.16. The summed E-state index contributed by atoms with van der Waals surface area (Å²) in [5.41, 5.74) is 2.30. The maximum Gasteiger partial charge on any atom is 0.250 e. The number of pyridine rings is 1. The lowest BCUT2D eigenvalue weighted by molar-refractivity contribution is -0.119. The van der Waals surface area contributed by atoms with Crippen LogP contribution in [0.15, 0.2) is 54.7 Å². The maximum absolute atomic E-state index is 12.2. The van der Waals surface area contributed by atoms with Gasteiger partial charge in [0.1, 0.15) is 12.4 Å². The van der Waals surface area contributed by atoms with Crippen molar-refractivity contribution in [2.45, 2.75) is 19.0 Å². The molecule has 0 spiro atoms. The van der Waals surface area contributed by atoms with Crippen molar-refractivity contribution in [2.75, 3.05) is 31.0 Å². The van der Waals surface area contributed by atoms with E-state index in [2.05, 4.69) is 39.6 Å². The van der Waals surface area contributed by atoms with Crippen molar-refractivity contribution in [2.24, 2.45) is 0 Å². The number of carbonyl (C=O) groups is 1. The summed E-state index contributed by atoms with van der Waals surface area (Å²) >= 11 is 7.50. The summed E-state index contributed by atoms with van der Waals surface area (Å²) in [6.07, 6.45) is 1.79. The Bertz CT molecular complexity index is 1120. The van der Waals surface area contributed by atoms with Gasteiger partial charge in [-0.25, -0.2) is 0 Å². The molecule has 3 aromatic rings. The number of rotatable bonds is 7. The summed E-state index contributed by atoms with van der Waals surface area (Å²) in [5, 5.41) is 6.90. The topological polar surface area (TPSA) is 75.7 Å². The molecule has 1 fully saturated rings. The van der Waals surface area contributed by atoms with Crippen LogP contribution < -0.4 is 20.3 Å². The van der Waals surface area contributed by atoms with Crippen LogP contribution >= 0.6 is 23.6 Å². The number of nitrogens with one attached hydrogen (secondary N) is 2. The minimum Gasteiger partial charge on any atom is -0.495 e. The monoisotopic (exact) mass is 468 g/mol. The summed E-state index contributed by atoms with van der Waals surface area (Å²) in [6.45, 7) is 2.04. The van der Waals surface area contributed by atoms with Gasteiger partial charge >= 0.3 is 0 Å². The molecule has 0 radical (unpaired) electrons. The second kappa shape index (κ2) is 9.64. The fourth-order valence-corrected chi connectivity index (χ4v) is 5.15. The number of aryl methyl sites for hydroxylation is 1. The molecule has 166 valence electrons. The highest BCUT2D eigenvalue weighted by Crippen LogP contribution is 2.44. The molecule has 0 saturated carbocycles. The van der Waals surface area contributed by atoms with Gasteiger partial charge in [0, 0.05) is 28.7 Å². The Kier molecular flexibility index (Phi) is 6.69. The van der Waals surface area contributed by atoms with E-state index in [0.29, 0.717) is 16.5 Å². The van der Waals surface area contributed by atoms with E-state index in [-0.39, 0.29) is 24.6 Å². The molecule has 0 unspecified atom stereocenters. The number of nitrogens with zero attached hydrogens (tertiary/aromatic N) is 2. The van der Waals surface area contributed by atoms with E-state index in [0.717, 1.165) is 11.4 Å². The van der Waals surface area contributed by atoms with Crippen molar-refractivity contribution >= 4 is 45.9 Å². The molecule has 1 saturated heterocycles. The molecular formula is C23H24N4O3S2. The van der Waals surface area contributed by atoms with E-state index in [9.17, 15) is 4.79 Å². The van der Waals surface area contributed by atoms with E-state index in [1.54, 1.807) is 24.6 Å². The molecule has 0 bridgehead atoms. The summed E-state index contributed by atoms with van der Waals surface area (Å²) in [7, 11) is 3.05. The van der Waals surface area contributed by atoms with Crippen molar-refractivity contribution in [3.05, 3.63) is 70.2 Å². The molecule has 1 amide bonds. The van der Waals surface area contributed by atoms with Crippen LogP contribution in [-0.4, -0.2) is 36.8 Å². The standard InChI is InChI=1S/C23H24N4O3S2/c1-14-7-10-19(32-14)22-21(16-6-4-5-11-24-16)26-23(31)27(22)15-8-9-18(30-3)17(12-15)25-20(28)13-29-2/h4-12,21-22H,13H2,1-3H3,(H,25,28)(H,26,31)/t21-,22-/m1/s1. The first-order chi connectivity index (χ1) is 15.5. The second-order valence-electron chi connectivity index (χ2n) is 7.31. The number of hydrogen-bond donors (Lipinski definition) is 2. The van der Waals surface area contributed by atoms with E-state index in [4.69, 9.17) is 21.7 Å². The van der Waals surface area contributed by atoms with Gasteiger partial charge in [0.15, 0.2) is 5.11 Å². The smallest absolute Gasteiger partial charge is 0.250 e. The highest BCUT2D eigenvalue weighted by molar-refractivity contribution is 7.80. The zero-order valence-corrected chi connectivity index (χ0v) is 19.6. The molecule has 1 aromatic carbocycles. The molecule has 2 aromatic heterocycles. The quantitative estimate of drug-likeness (QED) is 0.503. The maximum atomic E-state index is 12.2. The minimum absolute atomic E-state index is 0.0457. The van der Waals surface area contributed by atoms with Crippen LogP contribution in [0.25, 0.3) is 0 Å². The normalized spacial score (nSPS) is 17.8. The van der Waals surface area contributed by atoms with Gasteiger partial charge in [-0.2, -0.15) is 0 Å². The molecule has 0 aliphatic carbocycles. The van der Waals surface area contributed by atoms with Gasteiger partial charge in [0.25, 0.3) is 0 Å². The van der Waals surface area contributed by atoms with Crippen LogP contribution in [0.5, 0.6) is 5.75 Å². The fourth-order valence-electron chi connectivity index (χ4n) is 3.80. The lowest BCUT2D eigenvalue weighted by Crippen LogP contribution is -2.29. The molecule has 2 atom stereocenters. The van der Waals surface area contributed by atoms with E-state index in [1.165, 1.54) is 16.9 Å². The van der Waals surface area contributed by atoms with Gasteiger partial charge < -0.3 is 25.0 Å². The van der Waals surface area contributed by atoms with Crippen molar-refractivity contribution in [1.82, 2.24) is 10.3 Å². The van der Waals surface area contributed by atoms with Crippen molar-refractivity contribution in [3.63, 3.8) is 0 Å². The lowest BCUT2D eigenvalue weighted by Gasteiger charge is -2.27. The number of hydrogen-bond acceptors (Lipinski definition) is 6. The predicted molar refractivity (Wildman–Crippen MR) is 130 cm³/mol. The fraction of sp³-hybridized carbons (Fsp3) is 0.261. The Hall–Kier alpha value is -3.01. The zero-order valence-electron chi connectivity index (χ0n) is 18.0. The second-order valence-corrected chi connectivity index (χ2v) is 9.02. The molecule has 3 heterocycles. The lowest BCUT2D eigenvalue weighted by atomic mass is 10.0.